The number of amides is 1. The summed E-state index contributed by atoms with van der Waals surface area (Å²) in [7, 11) is 3.25. The van der Waals surface area contributed by atoms with Crippen LogP contribution in [0.4, 0.5) is 5.95 Å². The number of hydrogen-bond donors (Lipinski definition) is 2. The molecule has 0 unspecified atom stereocenters. The highest BCUT2D eigenvalue weighted by Gasteiger charge is 2.34. The number of aromatic nitrogens is 2. The molecule has 0 spiro atoms. The average Bonchev–Trinajstić information content (AvgIpc) is 3.10. The Labute approximate surface area is 169 Å². The van der Waals surface area contributed by atoms with Gasteiger partial charge >= 0.3 is 0 Å². The Bertz CT molecular complexity index is 1120. The Morgan fingerprint density at radius 1 is 1.24 bits per heavy atom. The smallest absolute Gasteiger partial charge is 0.251 e. The minimum absolute atomic E-state index is 0.142. The van der Waals surface area contributed by atoms with Crippen LogP contribution in [0.3, 0.4) is 0 Å². The lowest BCUT2D eigenvalue weighted by Crippen LogP contribution is -2.33. The molecule has 0 bridgehead atoms. The van der Waals surface area contributed by atoms with Gasteiger partial charge in [-0.05, 0) is 43.7 Å². The van der Waals surface area contributed by atoms with E-state index in [9.17, 15) is 4.79 Å². The van der Waals surface area contributed by atoms with Gasteiger partial charge in [-0.1, -0.05) is 18.2 Å². The predicted octanol–water partition coefficient (Wildman–Crippen LogP) is 3.48. The van der Waals surface area contributed by atoms with Crippen LogP contribution in [0.25, 0.3) is 11.0 Å². The van der Waals surface area contributed by atoms with Crippen LogP contribution in [0.2, 0.25) is 0 Å². The van der Waals surface area contributed by atoms with Crippen LogP contribution >= 0.6 is 0 Å². The maximum Gasteiger partial charge on any atom is 0.251 e. The minimum Gasteiger partial charge on any atom is -0.493 e. The summed E-state index contributed by atoms with van der Waals surface area (Å²) in [5.41, 5.74) is 4.12. The maximum absolute atomic E-state index is 12.9. The Hall–Kier alpha value is -3.48. The lowest BCUT2D eigenvalue weighted by atomic mass is 9.94. The number of anilines is 1. The summed E-state index contributed by atoms with van der Waals surface area (Å²) >= 11 is 0. The molecular formula is C22H24N4O3. The molecule has 1 amide bonds. The zero-order chi connectivity index (χ0) is 20.5. The van der Waals surface area contributed by atoms with Crippen molar-refractivity contribution in [3.63, 3.8) is 0 Å². The first-order valence-corrected chi connectivity index (χ1v) is 9.56. The Balaban J connectivity index is 1.96. The molecule has 1 aliphatic rings. The van der Waals surface area contributed by atoms with E-state index < -0.39 is 0 Å². The summed E-state index contributed by atoms with van der Waals surface area (Å²) in [4.78, 5) is 17.6. The number of allylic oxidation sites excluding steroid dienone is 1. The number of ether oxygens (including phenoxy) is 2. The number of hydrogen-bond acceptors (Lipinski definition) is 5. The van der Waals surface area contributed by atoms with Gasteiger partial charge < -0.3 is 20.1 Å². The van der Waals surface area contributed by atoms with Gasteiger partial charge in [0.2, 0.25) is 5.95 Å². The number of rotatable bonds is 5. The van der Waals surface area contributed by atoms with Crippen LogP contribution in [-0.4, -0.2) is 36.2 Å². The van der Waals surface area contributed by atoms with Gasteiger partial charge in [0.15, 0.2) is 11.5 Å². The Morgan fingerprint density at radius 3 is 2.76 bits per heavy atom. The van der Waals surface area contributed by atoms with Gasteiger partial charge in [0.25, 0.3) is 5.91 Å². The first kappa shape index (κ1) is 18.9. The second kappa shape index (κ2) is 7.50. The van der Waals surface area contributed by atoms with Crippen LogP contribution in [0.1, 0.15) is 25.5 Å². The number of carbonyl (C=O) groups excluding carboxylic acids is 1. The van der Waals surface area contributed by atoms with Crippen molar-refractivity contribution >= 4 is 22.9 Å². The maximum atomic E-state index is 12.9. The number of nitrogens with zero attached hydrogens (tertiary/aromatic N) is 2. The van der Waals surface area contributed by atoms with Crippen molar-refractivity contribution in [2.75, 3.05) is 26.1 Å². The zero-order valence-corrected chi connectivity index (χ0v) is 16.9. The summed E-state index contributed by atoms with van der Waals surface area (Å²) in [6, 6.07) is 13.3. The van der Waals surface area contributed by atoms with E-state index in [4.69, 9.17) is 14.5 Å². The highest BCUT2D eigenvalue weighted by Crippen LogP contribution is 2.41. The molecule has 2 N–H and O–H groups in total. The number of para-hydroxylation sites is 2. The standard InChI is InChI=1S/C22H24N4O3/c1-5-29-17-11-10-14(12-18(17)28-4)20-19(21(27)23-3)13(2)24-22-25-15-8-6-7-9-16(15)26(20)22/h6-12,20H,5H2,1-4H3,(H,23,27)(H,24,25)/t20-/m0/s1. The van der Waals surface area contributed by atoms with Gasteiger partial charge in [-0.2, -0.15) is 0 Å². The fraction of sp³-hybridized carbons (Fsp3) is 0.273. The summed E-state index contributed by atoms with van der Waals surface area (Å²) in [5, 5.41) is 6.06. The third-order valence-electron chi connectivity index (χ3n) is 5.11. The molecule has 0 radical (unpaired) electrons. The monoisotopic (exact) mass is 392 g/mol. The van der Waals surface area contributed by atoms with Crippen LogP contribution < -0.4 is 20.1 Å². The fourth-order valence-electron chi connectivity index (χ4n) is 3.84. The van der Waals surface area contributed by atoms with Crippen molar-refractivity contribution in [3.8, 4) is 11.5 Å². The number of nitrogens with one attached hydrogen (secondary N) is 2. The van der Waals surface area contributed by atoms with Gasteiger partial charge in [0, 0.05) is 12.7 Å². The topological polar surface area (TPSA) is 77.4 Å². The van der Waals surface area contributed by atoms with Crippen LogP contribution in [-0.2, 0) is 4.79 Å². The van der Waals surface area contributed by atoms with E-state index in [2.05, 4.69) is 15.2 Å². The largest absolute Gasteiger partial charge is 0.493 e. The van der Waals surface area contributed by atoms with Crippen molar-refractivity contribution in [2.24, 2.45) is 0 Å². The Morgan fingerprint density at radius 2 is 2.03 bits per heavy atom. The summed E-state index contributed by atoms with van der Waals surface area (Å²) in [6.45, 7) is 4.37. The third-order valence-corrected chi connectivity index (χ3v) is 5.11. The lowest BCUT2D eigenvalue weighted by Gasteiger charge is -2.30. The average molecular weight is 392 g/mol. The van der Waals surface area contributed by atoms with E-state index in [1.165, 1.54) is 0 Å². The first-order chi connectivity index (χ1) is 14.1. The normalized spacial score (nSPS) is 15.7. The van der Waals surface area contributed by atoms with Crippen LogP contribution in [0, 0.1) is 0 Å². The molecule has 0 fully saturated rings. The molecule has 29 heavy (non-hydrogen) atoms. The van der Waals surface area contributed by atoms with Gasteiger partial charge in [0.05, 0.1) is 36.4 Å². The van der Waals surface area contributed by atoms with Gasteiger partial charge in [-0.25, -0.2) is 4.98 Å². The van der Waals surface area contributed by atoms with Gasteiger partial charge in [-0.3, -0.25) is 9.36 Å². The van der Waals surface area contributed by atoms with Crippen molar-refractivity contribution in [1.29, 1.82) is 0 Å². The molecule has 2 aromatic carbocycles. The molecular weight excluding hydrogens is 368 g/mol. The lowest BCUT2D eigenvalue weighted by molar-refractivity contribution is -0.117. The Kier molecular flexibility index (Phi) is 4.88. The number of methoxy groups -OCH3 is 1. The molecule has 2 heterocycles. The number of fused-ring (bicyclic) bond motifs is 3. The zero-order valence-electron chi connectivity index (χ0n) is 16.9. The van der Waals surface area contributed by atoms with Gasteiger partial charge in [0.1, 0.15) is 0 Å². The highest BCUT2D eigenvalue weighted by atomic mass is 16.5. The van der Waals surface area contributed by atoms with E-state index in [-0.39, 0.29) is 11.9 Å². The SMILES string of the molecule is CCOc1ccc([C@H]2C(C(=O)NC)=C(C)Nc3nc4ccccc4n32)cc1OC. The van der Waals surface area contributed by atoms with Crippen molar-refractivity contribution < 1.29 is 14.3 Å². The molecule has 1 atom stereocenters. The van der Waals surface area contributed by atoms with E-state index in [1.807, 2.05) is 56.3 Å². The number of carbonyl (C=O) groups is 1. The van der Waals surface area contributed by atoms with E-state index >= 15 is 0 Å². The molecule has 1 aliphatic heterocycles. The van der Waals surface area contributed by atoms with Crippen LogP contribution in [0.15, 0.2) is 53.7 Å². The second-order valence-corrected chi connectivity index (χ2v) is 6.78. The van der Waals surface area contributed by atoms with Crippen LogP contribution in [0.5, 0.6) is 11.5 Å². The summed E-state index contributed by atoms with van der Waals surface area (Å²) in [5.74, 6) is 1.86. The number of benzene rings is 2. The minimum atomic E-state index is -0.358. The van der Waals surface area contributed by atoms with E-state index in [1.54, 1.807) is 14.2 Å². The van der Waals surface area contributed by atoms with E-state index in [0.29, 0.717) is 29.6 Å². The third kappa shape index (κ3) is 3.08. The molecule has 4 rings (SSSR count). The molecule has 0 saturated heterocycles. The molecule has 0 aliphatic carbocycles. The molecule has 7 nitrogen and oxygen atoms in total. The number of likely N-dealkylation sites (N-methyl/N-ethyl adjacent to an activating group) is 1. The number of imidazole rings is 1. The predicted molar refractivity (Wildman–Crippen MR) is 112 cm³/mol. The summed E-state index contributed by atoms with van der Waals surface area (Å²) in [6.07, 6.45) is 0. The first-order valence-electron chi connectivity index (χ1n) is 9.56. The molecule has 3 aromatic rings. The van der Waals surface area contributed by atoms with Crippen molar-refractivity contribution in [3.05, 3.63) is 59.3 Å². The quantitative estimate of drug-likeness (QED) is 0.695. The molecule has 1 aromatic heterocycles. The highest BCUT2D eigenvalue weighted by molar-refractivity contribution is 5.97. The fourth-order valence-corrected chi connectivity index (χ4v) is 3.84. The van der Waals surface area contributed by atoms with Gasteiger partial charge in [-0.15, -0.1) is 0 Å². The van der Waals surface area contributed by atoms with Crippen molar-refractivity contribution in [1.82, 2.24) is 14.9 Å². The van der Waals surface area contributed by atoms with E-state index in [0.717, 1.165) is 22.3 Å². The van der Waals surface area contributed by atoms with Crippen molar-refractivity contribution in [2.45, 2.75) is 19.9 Å². The molecule has 7 heteroatoms. The second-order valence-electron chi connectivity index (χ2n) is 6.78. The summed E-state index contributed by atoms with van der Waals surface area (Å²) < 4.78 is 13.3. The molecule has 0 saturated carbocycles. The molecule has 150 valence electrons.